The van der Waals surface area contributed by atoms with Crippen molar-refractivity contribution >= 4 is 16.8 Å². The monoisotopic (exact) mass is 587 g/mol. The largest absolute Gasteiger partial charge is 0.416 e. The van der Waals surface area contributed by atoms with Crippen molar-refractivity contribution in [2.24, 2.45) is 5.92 Å². The summed E-state index contributed by atoms with van der Waals surface area (Å²) in [6.07, 6.45) is -7.51. The van der Waals surface area contributed by atoms with Crippen LogP contribution in [0.2, 0.25) is 0 Å². The van der Waals surface area contributed by atoms with Gasteiger partial charge in [-0.1, -0.05) is 49.2 Å². The highest BCUT2D eigenvalue weighted by molar-refractivity contribution is 6.07. The third kappa shape index (κ3) is 5.64. The van der Waals surface area contributed by atoms with Crippen molar-refractivity contribution < 1.29 is 31.1 Å². The van der Waals surface area contributed by atoms with E-state index < -0.39 is 41.5 Å². The molecular weight excluding hydrogens is 560 g/mol. The number of hydrogen-bond acceptors (Lipinski definition) is 3. The van der Waals surface area contributed by atoms with Crippen LogP contribution in [0.3, 0.4) is 0 Å². The average molecular weight is 588 g/mol. The van der Waals surface area contributed by atoms with Crippen LogP contribution in [0.25, 0.3) is 22.0 Å². The summed E-state index contributed by atoms with van der Waals surface area (Å²) in [5, 5.41) is 0.428. The van der Waals surface area contributed by atoms with Crippen molar-refractivity contribution in [3.8, 4) is 11.1 Å². The zero-order valence-electron chi connectivity index (χ0n) is 22.8. The number of pyridine rings is 2. The van der Waals surface area contributed by atoms with Crippen LogP contribution >= 0.6 is 0 Å². The molecule has 1 aliphatic rings. The van der Waals surface area contributed by atoms with Crippen molar-refractivity contribution in [2.45, 2.75) is 52.1 Å². The molecular formula is C31H27F6N3O2. The Morgan fingerprint density at radius 2 is 1.57 bits per heavy atom. The van der Waals surface area contributed by atoms with Gasteiger partial charge in [0.1, 0.15) is 11.2 Å². The molecule has 0 spiro atoms. The third-order valence-electron chi connectivity index (χ3n) is 7.70. The number of carbonyl (C=O) groups excluding carboxylic acids is 1. The number of aryl methyl sites for hydroxylation is 1. The lowest BCUT2D eigenvalue weighted by molar-refractivity contribution is -0.143. The van der Waals surface area contributed by atoms with Crippen LogP contribution < -0.4 is 5.56 Å². The topological polar surface area (TPSA) is 55.2 Å². The average Bonchev–Trinajstić information content (AvgIpc) is 2.93. The summed E-state index contributed by atoms with van der Waals surface area (Å²) < 4.78 is 82.9. The molecule has 0 radical (unpaired) electrons. The van der Waals surface area contributed by atoms with E-state index in [9.17, 15) is 35.9 Å². The van der Waals surface area contributed by atoms with E-state index in [-0.39, 0.29) is 41.8 Å². The highest BCUT2D eigenvalue weighted by atomic mass is 19.4. The summed E-state index contributed by atoms with van der Waals surface area (Å²) in [4.78, 5) is 33.6. The van der Waals surface area contributed by atoms with Crippen molar-refractivity contribution in [2.75, 3.05) is 6.54 Å². The van der Waals surface area contributed by atoms with Gasteiger partial charge in [-0.2, -0.15) is 26.3 Å². The van der Waals surface area contributed by atoms with Gasteiger partial charge < -0.3 is 9.47 Å². The minimum atomic E-state index is -5.02. The van der Waals surface area contributed by atoms with Crippen LogP contribution in [0.15, 0.2) is 65.6 Å². The van der Waals surface area contributed by atoms with Gasteiger partial charge in [-0.3, -0.25) is 14.6 Å². The Balaban J connectivity index is 1.73. The van der Waals surface area contributed by atoms with Gasteiger partial charge in [0.2, 0.25) is 0 Å². The summed E-state index contributed by atoms with van der Waals surface area (Å²) >= 11 is 0. The molecule has 4 aromatic rings. The molecule has 0 saturated heterocycles. The Morgan fingerprint density at radius 3 is 2.17 bits per heavy atom. The number of nitrogens with zero attached hydrogens (tertiary/aromatic N) is 3. The molecule has 5 nitrogen and oxygen atoms in total. The van der Waals surface area contributed by atoms with Crippen molar-refractivity contribution in [3.05, 3.63) is 99.1 Å². The zero-order valence-corrected chi connectivity index (χ0v) is 22.8. The smallest absolute Gasteiger partial charge is 0.333 e. The Bertz CT molecular complexity index is 1680. The second-order valence-corrected chi connectivity index (χ2v) is 10.6. The van der Waals surface area contributed by atoms with Gasteiger partial charge in [-0.15, -0.1) is 0 Å². The quantitative estimate of drug-likeness (QED) is 0.233. The maximum absolute atomic E-state index is 14.4. The molecule has 0 fully saturated rings. The molecule has 0 aliphatic carbocycles. The first kappa shape index (κ1) is 29.3. The molecule has 1 aliphatic heterocycles. The van der Waals surface area contributed by atoms with Crippen LogP contribution in [-0.2, 0) is 25.4 Å². The highest BCUT2D eigenvalue weighted by Gasteiger charge is 2.38. The first-order chi connectivity index (χ1) is 19.8. The molecule has 1 atom stereocenters. The number of carbonyl (C=O) groups is 1. The highest BCUT2D eigenvalue weighted by Crippen LogP contribution is 2.38. The molecule has 2 aromatic heterocycles. The Kier molecular flexibility index (Phi) is 7.63. The molecule has 220 valence electrons. The Labute approximate surface area is 237 Å². The molecule has 1 amide bonds. The maximum atomic E-state index is 14.4. The number of fused-ring (bicyclic) bond motifs is 2. The number of rotatable bonds is 4. The maximum Gasteiger partial charge on any atom is 0.416 e. The second kappa shape index (κ2) is 10.9. The van der Waals surface area contributed by atoms with Crippen LogP contribution in [0.4, 0.5) is 26.3 Å². The fourth-order valence-corrected chi connectivity index (χ4v) is 5.47. The molecule has 0 saturated carbocycles. The lowest BCUT2D eigenvalue weighted by atomic mass is 9.94. The van der Waals surface area contributed by atoms with E-state index in [1.54, 1.807) is 24.3 Å². The molecule has 0 N–H and O–H groups in total. The molecule has 42 heavy (non-hydrogen) atoms. The van der Waals surface area contributed by atoms with Gasteiger partial charge in [-0.25, -0.2) is 0 Å². The van der Waals surface area contributed by atoms with Crippen LogP contribution in [-0.4, -0.2) is 26.9 Å². The van der Waals surface area contributed by atoms with E-state index in [2.05, 4.69) is 4.98 Å². The van der Waals surface area contributed by atoms with E-state index in [4.69, 9.17) is 0 Å². The summed E-state index contributed by atoms with van der Waals surface area (Å²) in [6, 6.07) is 12.0. The van der Waals surface area contributed by atoms with Crippen LogP contribution in [0, 0.1) is 12.8 Å². The first-order valence-corrected chi connectivity index (χ1v) is 13.4. The predicted octanol–water partition coefficient (Wildman–Crippen LogP) is 7.48. The summed E-state index contributed by atoms with van der Waals surface area (Å²) in [7, 11) is 0. The van der Waals surface area contributed by atoms with E-state index in [0.717, 1.165) is 5.56 Å². The number of amides is 1. The SMILES string of the molecule is CCC1CCn2c(c(-c3ccc(C)cc3)c3cccnc3c2=O)C(=O)N(Cc2cc(C(F)(F)F)cc(C(F)(F)F)c2)C1. The minimum absolute atomic E-state index is 0.0296. The fraction of sp³-hybridized carbons (Fsp3) is 0.323. The third-order valence-corrected chi connectivity index (χ3v) is 7.70. The van der Waals surface area contributed by atoms with E-state index in [1.165, 1.54) is 15.7 Å². The van der Waals surface area contributed by atoms with Crippen molar-refractivity contribution in [1.29, 1.82) is 0 Å². The van der Waals surface area contributed by atoms with Crippen molar-refractivity contribution in [1.82, 2.24) is 14.5 Å². The van der Waals surface area contributed by atoms with Crippen LogP contribution in [0.5, 0.6) is 0 Å². The molecule has 0 bridgehead atoms. The summed E-state index contributed by atoms with van der Waals surface area (Å²) in [6.45, 7) is 3.57. The summed E-state index contributed by atoms with van der Waals surface area (Å²) in [5.74, 6) is -0.804. The van der Waals surface area contributed by atoms with Gasteiger partial charge in [0.05, 0.1) is 11.1 Å². The number of hydrogen-bond donors (Lipinski definition) is 0. The normalized spacial score (nSPS) is 16.3. The number of benzene rings is 2. The first-order valence-electron chi connectivity index (χ1n) is 13.4. The van der Waals surface area contributed by atoms with Gasteiger partial charge in [0, 0.05) is 36.8 Å². The van der Waals surface area contributed by atoms with Crippen molar-refractivity contribution in [3.63, 3.8) is 0 Å². The number of aromatic nitrogens is 2. The molecule has 3 heterocycles. The molecule has 1 unspecified atom stereocenters. The fourth-order valence-electron chi connectivity index (χ4n) is 5.47. The van der Waals surface area contributed by atoms with Gasteiger partial charge in [0.25, 0.3) is 11.5 Å². The molecule has 5 rings (SSSR count). The Morgan fingerprint density at radius 1 is 0.929 bits per heavy atom. The van der Waals surface area contributed by atoms with E-state index >= 15 is 0 Å². The minimum Gasteiger partial charge on any atom is -0.333 e. The molecule has 2 aromatic carbocycles. The predicted molar refractivity (Wildman–Crippen MR) is 146 cm³/mol. The van der Waals surface area contributed by atoms with E-state index in [0.29, 0.717) is 41.5 Å². The summed E-state index contributed by atoms with van der Waals surface area (Å²) in [5.41, 5.74) is -1.49. The second-order valence-electron chi connectivity index (χ2n) is 10.6. The number of halogens is 6. The van der Waals surface area contributed by atoms with Gasteiger partial charge in [-0.05, 0) is 54.7 Å². The van der Waals surface area contributed by atoms with Gasteiger partial charge >= 0.3 is 12.4 Å². The molecule has 11 heteroatoms. The lowest BCUT2D eigenvalue weighted by Crippen LogP contribution is -2.42. The van der Waals surface area contributed by atoms with E-state index in [1.807, 2.05) is 26.0 Å². The van der Waals surface area contributed by atoms with Crippen LogP contribution in [0.1, 0.15) is 52.5 Å². The zero-order chi connectivity index (χ0) is 30.4. The number of alkyl halides is 6. The lowest BCUT2D eigenvalue weighted by Gasteiger charge is -2.33. The Hall–Kier alpha value is -4.15. The standard InChI is InChI=1S/C31H27F6N3O2/c1-3-19-10-12-40-27(25(21-8-6-18(2)7-9-21)24-5-4-11-38-26(24)28(40)41)29(42)39(16-19)17-20-13-22(30(32,33)34)15-23(14-20)31(35,36)37/h4-9,11,13-15,19H,3,10,12,16-17H2,1-2H3. The van der Waals surface area contributed by atoms with Gasteiger partial charge in [0.15, 0.2) is 0 Å².